The zero-order chi connectivity index (χ0) is 13.6. The van der Waals surface area contributed by atoms with Crippen molar-refractivity contribution in [2.24, 2.45) is 11.8 Å². The fourth-order valence-corrected chi connectivity index (χ4v) is 4.07. The molecule has 0 aliphatic heterocycles. The van der Waals surface area contributed by atoms with E-state index in [0.717, 1.165) is 11.8 Å². The van der Waals surface area contributed by atoms with Crippen molar-refractivity contribution in [3.05, 3.63) is 0 Å². The number of hydrogen-bond donors (Lipinski definition) is 1. The Morgan fingerprint density at radius 1 is 1.33 bits per heavy atom. The van der Waals surface area contributed by atoms with Gasteiger partial charge in [-0.3, -0.25) is 0 Å². The van der Waals surface area contributed by atoms with E-state index < -0.39 is 10.0 Å². The third-order valence-electron chi connectivity index (χ3n) is 3.38. The predicted octanol–water partition coefficient (Wildman–Crippen LogP) is 2.14. The lowest BCUT2D eigenvalue weighted by Crippen LogP contribution is -2.34. The van der Waals surface area contributed by atoms with E-state index in [0.29, 0.717) is 18.4 Å². The third-order valence-corrected chi connectivity index (χ3v) is 5.53. The summed E-state index contributed by atoms with van der Waals surface area (Å²) in [6, 6.07) is 0. The fraction of sp³-hybridized carbons (Fsp3) is 1.00. The van der Waals surface area contributed by atoms with Crippen molar-refractivity contribution in [3.8, 4) is 0 Å². The van der Waals surface area contributed by atoms with Crippen LogP contribution in [-0.2, 0) is 14.8 Å². The van der Waals surface area contributed by atoms with E-state index in [2.05, 4.69) is 20.7 Å². The molecule has 1 rings (SSSR count). The summed E-state index contributed by atoms with van der Waals surface area (Å²) in [7, 11) is -3.19. The largest absolute Gasteiger partial charge is 0.378 e. The van der Waals surface area contributed by atoms with Crippen molar-refractivity contribution >= 4 is 26.0 Å². The number of halogens is 1. The highest BCUT2D eigenvalue weighted by atomic mass is 79.9. The zero-order valence-corrected chi connectivity index (χ0v) is 13.6. The van der Waals surface area contributed by atoms with Gasteiger partial charge in [0.2, 0.25) is 10.0 Å². The Morgan fingerprint density at radius 2 is 2.00 bits per heavy atom. The van der Waals surface area contributed by atoms with E-state index in [-0.39, 0.29) is 18.5 Å². The molecule has 2 unspecified atom stereocenters. The molecule has 6 heteroatoms. The Bertz CT molecular complexity index is 332. The van der Waals surface area contributed by atoms with E-state index in [4.69, 9.17) is 4.74 Å². The van der Waals surface area contributed by atoms with Crippen LogP contribution < -0.4 is 4.72 Å². The maximum atomic E-state index is 11.8. The minimum atomic E-state index is -3.19. The molecule has 1 saturated carbocycles. The second-order valence-corrected chi connectivity index (χ2v) is 7.77. The van der Waals surface area contributed by atoms with Crippen LogP contribution in [0.3, 0.4) is 0 Å². The molecule has 0 heterocycles. The van der Waals surface area contributed by atoms with Crippen molar-refractivity contribution in [2.45, 2.75) is 39.2 Å². The first-order valence-electron chi connectivity index (χ1n) is 6.59. The Hall–Kier alpha value is 0.350. The molecule has 1 fully saturated rings. The minimum Gasteiger partial charge on any atom is -0.378 e. The monoisotopic (exact) mass is 341 g/mol. The van der Waals surface area contributed by atoms with Crippen LogP contribution in [0.4, 0.5) is 0 Å². The molecule has 0 radical (unpaired) electrons. The summed E-state index contributed by atoms with van der Waals surface area (Å²) < 4.78 is 31.5. The van der Waals surface area contributed by atoms with Gasteiger partial charge in [0.25, 0.3) is 0 Å². The van der Waals surface area contributed by atoms with Gasteiger partial charge in [-0.15, -0.1) is 0 Å². The third kappa shape index (κ3) is 5.99. The van der Waals surface area contributed by atoms with E-state index >= 15 is 0 Å². The van der Waals surface area contributed by atoms with Crippen molar-refractivity contribution in [1.29, 1.82) is 0 Å². The molecule has 108 valence electrons. The van der Waals surface area contributed by atoms with Crippen LogP contribution in [0.2, 0.25) is 0 Å². The van der Waals surface area contributed by atoms with Crippen molar-refractivity contribution in [3.63, 3.8) is 0 Å². The van der Waals surface area contributed by atoms with E-state index in [1.807, 2.05) is 13.8 Å². The molecular weight excluding hydrogens is 318 g/mol. The number of ether oxygens (including phenoxy) is 1. The SMILES string of the molecule is CC(C)OCCS(=O)(=O)NCC1CCCC1CBr. The standard InChI is InChI=1S/C12H24BrNO3S/c1-10(2)17-6-7-18(15,16)14-9-12-5-3-4-11(12)8-13/h10-12,14H,3-9H2,1-2H3. The number of sulfonamides is 1. The summed E-state index contributed by atoms with van der Waals surface area (Å²) in [5, 5.41) is 0.968. The molecule has 0 aromatic carbocycles. The summed E-state index contributed by atoms with van der Waals surface area (Å²) in [6.45, 7) is 4.64. The topological polar surface area (TPSA) is 55.4 Å². The van der Waals surface area contributed by atoms with Gasteiger partial charge in [-0.1, -0.05) is 22.4 Å². The van der Waals surface area contributed by atoms with E-state index in [1.165, 1.54) is 12.8 Å². The summed E-state index contributed by atoms with van der Waals surface area (Å²) >= 11 is 3.50. The number of rotatable bonds is 8. The average molecular weight is 342 g/mol. The van der Waals surface area contributed by atoms with E-state index in [9.17, 15) is 8.42 Å². The first kappa shape index (κ1) is 16.4. The quantitative estimate of drug-likeness (QED) is 0.688. The minimum absolute atomic E-state index is 0.0525. The van der Waals surface area contributed by atoms with Crippen molar-refractivity contribution < 1.29 is 13.2 Å². The second kappa shape index (κ2) is 7.82. The van der Waals surface area contributed by atoms with Gasteiger partial charge in [0, 0.05) is 11.9 Å². The Balaban J connectivity index is 2.28. The molecular formula is C12H24BrNO3S. The molecule has 0 bridgehead atoms. The van der Waals surface area contributed by atoms with Gasteiger partial charge in [0.15, 0.2) is 0 Å². The number of hydrogen-bond acceptors (Lipinski definition) is 3. The first-order valence-corrected chi connectivity index (χ1v) is 9.37. The van der Waals surface area contributed by atoms with Crippen LogP contribution in [0, 0.1) is 11.8 Å². The Morgan fingerprint density at radius 3 is 2.61 bits per heavy atom. The average Bonchev–Trinajstić information content (AvgIpc) is 2.73. The van der Waals surface area contributed by atoms with Crippen LogP contribution >= 0.6 is 15.9 Å². The highest BCUT2D eigenvalue weighted by Crippen LogP contribution is 2.32. The molecule has 0 saturated heterocycles. The van der Waals surface area contributed by atoms with Gasteiger partial charge in [0.1, 0.15) is 0 Å². The van der Waals surface area contributed by atoms with Gasteiger partial charge in [-0.05, 0) is 38.5 Å². The van der Waals surface area contributed by atoms with Crippen LogP contribution in [0.1, 0.15) is 33.1 Å². The second-order valence-electron chi connectivity index (χ2n) is 5.19. The van der Waals surface area contributed by atoms with Crippen LogP contribution in [0.5, 0.6) is 0 Å². The van der Waals surface area contributed by atoms with E-state index in [1.54, 1.807) is 0 Å². The molecule has 1 aliphatic rings. The smallest absolute Gasteiger partial charge is 0.213 e. The van der Waals surface area contributed by atoms with Crippen LogP contribution in [0.25, 0.3) is 0 Å². The molecule has 0 spiro atoms. The predicted molar refractivity (Wildman–Crippen MR) is 77.5 cm³/mol. The summed E-state index contributed by atoms with van der Waals surface area (Å²) in [6.07, 6.45) is 3.61. The van der Waals surface area contributed by atoms with Gasteiger partial charge in [-0.25, -0.2) is 13.1 Å². The molecule has 1 N–H and O–H groups in total. The number of alkyl halides is 1. The lowest BCUT2D eigenvalue weighted by molar-refractivity contribution is 0.0911. The van der Waals surface area contributed by atoms with Gasteiger partial charge < -0.3 is 4.74 Å². The molecule has 4 nitrogen and oxygen atoms in total. The number of nitrogens with one attached hydrogen (secondary N) is 1. The molecule has 0 aromatic heterocycles. The normalized spacial score (nSPS) is 24.9. The van der Waals surface area contributed by atoms with Crippen LogP contribution in [0.15, 0.2) is 0 Å². The maximum absolute atomic E-state index is 11.8. The molecule has 2 atom stereocenters. The highest BCUT2D eigenvalue weighted by Gasteiger charge is 2.27. The molecule has 0 aromatic rings. The maximum Gasteiger partial charge on any atom is 0.213 e. The first-order chi connectivity index (χ1) is 8.44. The zero-order valence-electron chi connectivity index (χ0n) is 11.2. The fourth-order valence-electron chi connectivity index (χ4n) is 2.29. The summed E-state index contributed by atoms with van der Waals surface area (Å²) in [5.41, 5.74) is 0. The molecule has 18 heavy (non-hydrogen) atoms. The Labute approximate surface area is 119 Å². The molecule has 0 amide bonds. The lowest BCUT2D eigenvalue weighted by Gasteiger charge is -2.18. The lowest BCUT2D eigenvalue weighted by atomic mass is 9.99. The van der Waals surface area contributed by atoms with Gasteiger partial charge in [0.05, 0.1) is 18.5 Å². The van der Waals surface area contributed by atoms with Crippen LogP contribution in [-0.4, -0.2) is 38.8 Å². The molecule has 1 aliphatic carbocycles. The summed E-state index contributed by atoms with van der Waals surface area (Å²) in [5.74, 6) is 1.14. The van der Waals surface area contributed by atoms with Crippen molar-refractivity contribution in [2.75, 3.05) is 24.2 Å². The highest BCUT2D eigenvalue weighted by molar-refractivity contribution is 9.09. The Kier molecular flexibility index (Phi) is 7.13. The van der Waals surface area contributed by atoms with Gasteiger partial charge >= 0.3 is 0 Å². The van der Waals surface area contributed by atoms with Gasteiger partial charge in [-0.2, -0.15) is 0 Å². The van der Waals surface area contributed by atoms with Crippen molar-refractivity contribution in [1.82, 2.24) is 4.72 Å². The summed E-state index contributed by atoms with van der Waals surface area (Å²) in [4.78, 5) is 0.